The van der Waals surface area contributed by atoms with Gasteiger partial charge in [0.05, 0.1) is 19.8 Å². The smallest absolute Gasteiger partial charge is 0.131 e. The van der Waals surface area contributed by atoms with Gasteiger partial charge >= 0.3 is 0 Å². The van der Waals surface area contributed by atoms with E-state index in [2.05, 4.69) is 6.92 Å². The molecule has 5 heteroatoms. The molecule has 1 N–H and O–H groups in total. The van der Waals surface area contributed by atoms with Crippen molar-refractivity contribution >= 4 is 0 Å². The number of ether oxygens (including phenoxy) is 3. The van der Waals surface area contributed by atoms with Gasteiger partial charge in [-0.15, -0.1) is 0 Å². The number of aryl methyl sites for hydroxylation is 1. The lowest BCUT2D eigenvalue weighted by Gasteiger charge is -2.23. The molecule has 0 aliphatic carbocycles. The number of halogens is 1. The molecular weight excluding hydrogens is 479 g/mol. The molecule has 0 amide bonds. The van der Waals surface area contributed by atoms with E-state index in [9.17, 15) is 9.50 Å². The number of aliphatic hydroxyl groups is 1. The molecule has 4 aromatic rings. The lowest BCUT2D eigenvalue weighted by Crippen LogP contribution is -2.10. The Morgan fingerprint density at radius 3 is 1.95 bits per heavy atom. The molecule has 0 aliphatic rings. The molecular formula is C33H35FO4. The van der Waals surface area contributed by atoms with Gasteiger partial charge in [0.2, 0.25) is 0 Å². The minimum absolute atomic E-state index is 0.0314. The van der Waals surface area contributed by atoms with E-state index in [4.69, 9.17) is 14.2 Å². The van der Waals surface area contributed by atoms with Gasteiger partial charge in [-0.05, 0) is 65.3 Å². The molecule has 0 spiro atoms. The second kappa shape index (κ2) is 13.8. The molecule has 0 saturated heterocycles. The minimum atomic E-state index is -0.244. The Labute approximate surface area is 224 Å². The Balaban J connectivity index is 1.81. The van der Waals surface area contributed by atoms with Crippen LogP contribution >= 0.6 is 0 Å². The van der Waals surface area contributed by atoms with Crippen LogP contribution in [-0.2, 0) is 30.8 Å². The van der Waals surface area contributed by atoms with Crippen molar-refractivity contribution in [2.75, 3.05) is 19.8 Å². The fourth-order valence-electron chi connectivity index (χ4n) is 4.56. The first-order valence-corrected chi connectivity index (χ1v) is 13.1. The van der Waals surface area contributed by atoms with E-state index >= 15 is 0 Å². The molecule has 0 aliphatic heterocycles. The molecule has 0 radical (unpaired) electrons. The summed E-state index contributed by atoms with van der Waals surface area (Å²) >= 11 is 0. The molecule has 0 bridgehead atoms. The third-order valence-electron chi connectivity index (χ3n) is 6.48. The van der Waals surface area contributed by atoms with E-state index in [1.165, 1.54) is 6.07 Å². The van der Waals surface area contributed by atoms with Crippen LogP contribution < -0.4 is 9.47 Å². The first kappa shape index (κ1) is 27.4. The van der Waals surface area contributed by atoms with Gasteiger partial charge < -0.3 is 19.3 Å². The zero-order valence-corrected chi connectivity index (χ0v) is 22.1. The van der Waals surface area contributed by atoms with Gasteiger partial charge in [-0.25, -0.2) is 4.39 Å². The number of rotatable bonds is 13. The maximum absolute atomic E-state index is 14.2. The molecule has 4 rings (SSSR count). The van der Waals surface area contributed by atoms with Crippen LogP contribution in [0.2, 0.25) is 0 Å². The van der Waals surface area contributed by atoms with Crippen LogP contribution in [0.5, 0.6) is 11.5 Å². The first-order chi connectivity index (χ1) is 18.6. The van der Waals surface area contributed by atoms with E-state index in [0.29, 0.717) is 37.6 Å². The van der Waals surface area contributed by atoms with Crippen LogP contribution in [0.1, 0.15) is 34.7 Å². The van der Waals surface area contributed by atoms with Crippen molar-refractivity contribution < 1.29 is 23.7 Å². The predicted octanol–water partition coefficient (Wildman–Crippen LogP) is 7.07. The minimum Gasteiger partial charge on any atom is -0.488 e. The van der Waals surface area contributed by atoms with Gasteiger partial charge in [0.1, 0.15) is 30.5 Å². The van der Waals surface area contributed by atoms with E-state index in [-0.39, 0.29) is 19.0 Å². The van der Waals surface area contributed by atoms with Gasteiger partial charge in [0, 0.05) is 11.6 Å². The van der Waals surface area contributed by atoms with Crippen LogP contribution in [0, 0.1) is 12.7 Å². The molecule has 4 nitrogen and oxygen atoms in total. The fourth-order valence-corrected chi connectivity index (χ4v) is 4.56. The Hall–Kier alpha value is -3.67. The summed E-state index contributed by atoms with van der Waals surface area (Å²) in [6.07, 6.45) is 1.34. The molecule has 0 atom stereocenters. The number of hydrogen-bond acceptors (Lipinski definition) is 4. The summed E-state index contributed by atoms with van der Waals surface area (Å²) < 4.78 is 32.8. The van der Waals surface area contributed by atoms with E-state index in [0.717, 1.165) is 45.6 Å². The van der Waals surface area contributed by atoms with Gasteiger partial charge in [-0.3, -0.25) is 0 Å². The standard InChI is InChI=1S/C33H35FO4/c1-3-28-29(16-18-36-19-17-35)33(27-14-15-30(34)24(2)20-27)32(38-23-26-12-8-5-9-13-26)21-31(28)37-22-25-10-6-4-7-11-25/h4-15,20-21,35H,3,16-19,22-23H2,1-2H3. The Morgan fingerprint density at radius 2 is 1.37 bits per heavy atom. The maximum Gasteiger partial charge on any atom is 0.131 e. The number of benzene rings is 4. The highest BCUT2D eigenvalue weighted by Gasteiger charge is 2.21. The van der Waals surface area contributed by atoms with Crippen molar-refractivity contribution in [3.05, 3.63) is 119 Å². The van der Waals surface area contributed by atoms with Crippen molar-refractivity contribution in [3.63, 3.8) is 0 Å². The van der Waals surface area contributed by atoms with Crippen molar-refractivity contribution in [3.8, 4) is 22.6 Å². The van der Waals surface area contributed by atoms with Crippen molar-refractivity contribution in [1.82, 2.24) is 0 Å². The Bertz CT molecular complexity index is 1310. The summed E-state index contributed by atoms with van der Waals surface area (Å²) in [6, 6.07) is 27.2. The summed E-state index contributed by atoms with van der Waals surface area (Å²) in [6.45, 7) is 5.36. The molecule has 0 fully saturated rings. The molecule has 0 saturated carbocycles. The van der Waals surface area contributed by atoms with Crippen LogP contribution in [0.25, 0.3) is 11.1 Å². The molecule has 0 aromatic heterocycles. The average Bonchev–Trinajstić information content (AvgIpc) is 2.95. The highest BCUT2D eigenvalue weighted by molar-refractivity contribution is 5.78. The number of hydrogen-bond donors (Lipinski definition) is 1. The summed E-state index contributed by atoms with van der Waals surface area (Å²) in [7, 11) is 0. The molecule has 0 heterocycles. The zero-order valence-electron chi connectivity index (χ0n) is 22.1. The van der Waals surface area contributed by atoms with Crippen molar-refractivity contribution in [2.45, 2.75) is 39.9 Å². The zero-order chi connectivity index (χ0) is 26.7. The highest BCUT2D eigenvalue weighted by atomic mass is 19.1. The normalized spacial score (nSPS) is 10.9. The summed E-state index contributed by atoms with van der Waals surface area (Å²) in [5.41, 5.74) is 6.61. The van der Waals surface area contributed by atoms with E-state index < -0.39 is 0 Å². The van der Waals surface area contributed by atoms with Crippen LogP contribution in [0.3, 0.4) is 0 Å². The molecule has 38 heavy (non-hydrogen) atoms. The maximum atomic E-state index is 14.2. The summed E-state index contributed by atoms with van der Waals surface area (Å²) in [4.78, 5) is 0. The second-order valence-electron chi connectivity index (χ2n) is 9.16. The average molecular weight is 515 g/mol. The number of aliphatic hydroxyl groups excluding tert-OH is 1. The quantitative estimate of drug-likeness (QED) is 0.194. The Morgan fingerprint density at radius 1 is 0.737 bits per heavy atom. The van der Waals surface area contributed by atoms with Gasteiger partial charge in [-0.1, -0.05) is 73.7 Å². The lowest BCUT2D eigenvalue weighted by molar-refractivity contribution is 0.0943. The third-order valence-corrected chi connectivity index (χ3v) is 6.48. The SMILES string of the molecule is CCc1c(OCc2ccccc2)cc(OCc2ccccc2)c(-c2ccc(F)c(C)c2)c1CCOCCO. The molecule has 4 aromatic carbocycles. The van der Waals surface area contributed by atoms with Crippen LogP contribution in [0.15, 0.2) is 84.9 Å². The van der Waals surface area contributed by atoms with Gasteiger partial charge in [0.15, 0.2) is 0 Å². The van der Waals surface area contributed by atoms with Crippen LogP contribution in [0.4, 0.5) is 4.39 Å². The van der Waals surface area contributed by atoms with Crippen molar-refractivity contribution in [1.29, 1.82) is 0 Å². The predicted molar refractivity (Wildman–Crippen MR) is 149 cm³/mol. The topological polar surface area (TPSA) is 47.9 Å². The van der Waals surface area contributed by atoms with Crippen LogP contribution in [-0.4, -0.2) is 24.9 Å². The Kier molecular flexibility index (Phi) is 9.90. The van der Waals surface area contributed by atoms with E-state index in [1.807, 2.05) is 72.8 Å². The highest BCUT2D eigenvalue weighted by Crippen LogP contribution is 2.42. The summed E-state index contributed by atoms with van der Waals surface area (Å²) in [5.74, 6) is 1.20. The fraction of sp³-hybridized carbons (Fsp3) is 0.273. The molecule has 0 unspecified atom stereocenters. The van der Waals surface area contributed by atoms with E-state index in [1.54, 1.807) is 13.0 Å². The lowest BCUT2D eigenvalue weighted by atomic mass is 9.90. The monoisotopic (exact) mass is 514 g/mol. The largest absolute Gasteiger partial charge is 0.488 e. The third kappa shape index (κ3) is 7.00. The van der Waals surface area contributed by atoms with Gasteiger partial charge in [-0.2, -0.15) is 0 Å². The first-order valence-electron chi connectivity index (χ1n) is 13.1. The van der Waals surface area contributed by atoms with Crippen molar-refractivity contribution in [2.24, 2.45) is 0 Å². The second-order valence-corrected chi connectivity index (χ2v) is 9.16. The van der Waals surface area contributed by atoms with Gasteiger partial charge in [0.25, 0.3) is 0 Å². The molecule has 198 valence electrons. The summed E-state index contributed by atoms with van der Waals surface area (Å²) in [5, 5.41) is 9.20.